The summed E-state index contributed by atoms with van der Waals surface area (Å²) in [5, 5.41) is 6.32. The van der Waals surface area contributed by atoms with Crippen molar-refractivity contribution in [2.24, 2.45) is 0 Å². The fourth-order valence-corrected chi connectivity index (χ4v) is 2.51. The molecule has 5 nitrogen and oxygen atoms in total. The number of nitrogens with one attached hydrogen (secondary N) is 2. The molecule has 1 atom stereocenters. The third kappa shape index (κ3) is 2.41. The van der Waals surface area contributed by atoms with Gasteiger partial charge in [0.25, 0.3) is 0 Å². The van der Waals surface area contributed by atoms with Crippen LogP contribution in [0.15, 0.2) is 24.3 Å². The number of halogens is 1. The topological polar surface area (TPSA) is 64.8 Å². The number of hydrogen-bond donors (Lipinski definition) is 2. The van der Waals surface area contributed by atoms with Crippen molar-refractivity contribution in [3.8, 4) is 0 Å². The molecule has 0 aliphatic carbocycles. The van der Waals surface area contributed by atoms with E-state index in [-0.39, 0.29) is 11.8 Å². The molecule has 1 aliphatic rings. The first-order valence-corrected chi connectivity index (χ1v) is 6.62. The number of benzene rings is 1. The van der Waals surface area contributed by atoms with Crippen LogP contribution in [0.25, 0.3) is 0 Å². The van der Waals surface area contributed by atoms with Crippen molar-refractivity contribution in [1.82, 2.24) is 15.2 Å². The number of amides is 1. The van der Waals surface area contributed by atoms with Gasteiger partial charge in [-0.1, -0.05) is 11.6 Å². The summed E-state index contributed by atoms with van der Waals surface area (Å²) >= 11 is 10.8. The van der Waals surface area contributed by atoms with Gasteiger partial charge in [-0.2, -0.15) is 0 Å². The van der Waals surface area contributed by atoms with Crippen molar-refractivity contribution in [2.45, 2.75) is 12.3 Å². The van der Waals surface area contributed by atoms with Gasteiger partial charge in [0.2, 0.25) is 10.7 Å². The van der Waals surface area contributed by atoms with Gasteiger partial charge in [-0.3, -0.25) is 15.0 Å². The Balaban J connectivity index is 1.84. The molecule has 98 valence electrons. The second kappa shape index (κ2) is 4.79. The van der Waals surface area contributed by atoms with E-state index in [1.165, 1.54) is 0 Å². The highest BCUT2D eigenvalue weighted by atomic mass is 35.5. The summed E-state index contributed by atoms with van der Waals surface area (Å²) in [6.07, 6.45) is 0.429. The molecule has 1 amide bonds. The highest BCUT2D eigenvalue weighted by Crippen LogP contribution is 2.30. The van der Waals surface area contributed by atoms with E-state index >= 15 is 0 Å². The normalized spacial score (nSPS) is 19.1. The molecule has 3 rings (SSSR count). The molecule has 1 aromatic heterocycles. The summed E-state index contributed by atoms with van der Waals surface area (Å²) in [7, 11) is 0. The number of aromatic nitrogens is 3. The van der Waals surface area contributed by atoms with Crippen LogP contribution in [-0.4, -0.2) is 27.6 Å². The summed E-state index contributed by atoms with van der Waals surface area (Å²) in [6.45, 7) is 0.594. The molecular weight excluding hydrogens is 284 g/mol. The number of nitrogens with zero attached hydrogens (tertiary/aromatic N) is 2. The summed E-state index contributed by atoms with van der Waals surface area (Å²) in [5.41, 5.74) is 0.853. The van der Waals surface area contributed by atoms with E-state index in [2.05, 4.69) is 15.2 Å². The van der Waals surface area contributed by atoms with Gasteiger partial charge in [-0.25, -0.2) is 4.98 Å². The molecule has 7 heteroatoms. The third-order valence-corrected chi connectivity index (χ3v) is 3.61. The van der Waals surface area contributed by atoms with Gasteiger partial charge in [0.05, 0.1) is 0 Å². The first-order valence-electron chi connectivity index (χ1n) is 5.84. The number of carbonyl (C=O) groups is 1. The predicted octanol–water partition coefficient (Wildman–Crippen LogP) is 2.64. The van der Waals surface area contributed by atoms with E-state index in [1.807, 2.05) is 12.1 Å². The summed E-state index contributed by atoms with van der Waals surface area (Å²) < 4.78 is 0.410. The molecule has 1 fully saturated rings. The maximum Gasteiger partial charge on any atom is 0.227 e. The maximum atomic E-state index is 12.1. The fraction of sp³-hybridized carbons (Fsp3) is 0.250. The molecule has 1 saturated heterocycles. The average molecular weight is 295 g/mol. The lowest BCUT2D eigenvalue weighted by Crippen LogP contribution is -2.24. The number of carbonyl (C=O) groups excluding carboxylic acids is 1. The van der Waals surface area contributed by atoms with Gasteiger partial charge in [0, 0.05) is 29.6 Å². The molecule has 2 heterocycles. The lowest BCUT2D eigenvalue weighted by molar-refractivity contribution is -0.117. The zero-order chi connectivity index (χ0) is 13.4. The summed E-state index contributed by atoms with van der Waals surface area (Å²) in [4.78, 5) is 18.0. The number of hydrogen-bond acceptors (Lipinski definition) is 3. The smallest absolute Gasteiger partial charge is 0.227 e. The van der Waals surface area contributed by atoms with Gasteiger partial charge in [0.1, 0.15) is 5.82 Å². The van der Waals surface area contributed by atoms with Crippen molar-refractivity contribution in [1.29, 1.82) is 0 Å². The number of anilines is 1. The fourth-order valence-electron chi connectivity index (χ4n) is 2.24. The Kier molecular flexibility index (Phi) is 3.12. The minimum absolute atomic E-state index is 0.0381. The number of aromatic amines is 2. The van der Waals surface area contributed by atoms with Crippen molar-refractivity contribution in [3.63, 3.8) is 0 Å². The second-order valence-electron chi connectivity index (χ2n) is 4.43. The minimum atomic E-state index is 0.0381. The maximum absolute atomic E-state index is 12.1. The molecule has 1 aromatic carbocycles. The Hall–Kier alpha value is -1.66. The Labute approximate surface area is 119 Å². The van der Waals surface area contributed by atoms with E-state index in [1.54, 1.807) is 17.0 Å². The SMILES string of the molecule is O=C1CC(c2nc(=S)[nH][nH]2)CN1c1ccc(Cl)cc1. The Morgan fingerprint density at radius 2 is 2.05 bits per heavy atom. The van der Waals surface area contributed by atoms with Crippen LogP contribution >= 0.6 is 23.8 Å². The Morgan fingerprint density at radius 3 is 2.68 bits per heavy atom. The molecule has 2 N–H and O–H groups in total. The molecule has 2 aromatic rings. The van der Waals surface area contributed by atoms with E-state index in [0.29, 0.717) is 22.8 Å². The molecule has 0 radical (unpaired) electrons. The van der Waals surface area contributed by atoms with E-state index in [0.717, 1.165) is 11.5 Å². The quantitative estimate of drug-likeness (QED) is 0.837. The minimum Gasteiger partial charge on any atom is -0.312 e. The van der Waals surface area contributed by atoms with Crippen LogP contribution < -0.4 is 4.90 Å². The third-order valence-electron chi connectivity index (χ3n) is 3.17. The van der Waals surface area contributed by atoms with Gasteiger partial charge < -0.3 is 4.90 Å². The zero-order valence-electron chi connectivity index (χ0n) is 9.89. The molecule has 0 saturated carbocycles. The van der Waals surface area contributed by atoms with E-state index in [4.69, 9.17) is 23.8 Å². The van der Waals surface area contributed by atoms with Crippen LogP contribution in [0.4, 0.5) is 5.69 Å². The Bertz CT molecular complexity index is 663. The standard InChI is InChI=1S/C12H11ClN4OS/c13-8-1-3-9(4-2-8)17-6-7(5-10(17)18)11-14-12(19)16-15-11/h1-4,7H,5-6H2,(H2,14,15,16,19). The molecule has 1 unspecified atom stereocenters. The number of H-pyrrole nitrogens is 2. The van der Waals surface area contributed by atoms with Gasteiger partial charge >= 0.3 is 0 Å². The second-order valence-corrected chi connectivity index (χ2v) is 5.26. The van der Waals surface area contributed by atoms with Crippen LogP contribution in [0.2, 0.25) is 5.02 Å². The van der Waals surface area contributed by atoms with Crippen LogP contribution in [0, 0.1) is 4.77 Å². The zero-order valence-corrected chi connectivity index (χ0v) is 11.5. The Morgan fingerprint density at radius 1 is 1.32 bits per heavy atom. The molecular formula is C12H11ClN4OS. The van der Waals surface area contributed by atoms with E-state index < -0.39 is 0 Å². The molecule has 0 spiro atoms. The first-order chi connectivity index (χ1) is 9.13. The van der Waals surface area contributed by atoms with Crippen molar-refractivity contribution < 1.29 is 4.79 Å². The lowest BCUT2D eigenvalue weighted by Gasteiger charge is -2.16. The largest absolute Gasteiger partial charge is 0.312 e. The van der Waals surface area contributed by atoms with Crippen molar-refractivity contribution in [3.05, 3.63) is 39.9 Å². The molecule has 0 bridgehead atoms. The summed E-state index contributed by atoms with van der Waals surface area (Å²) in [5.74, 6) is 0.848. The lowest BCUT2D eigenvalue weighted by atomic mass is 10.1. The van der Waals surface area contributed by atoms with Crippen molar-refractivity contribution >= 4 is 35.4 Å². The summed E-state index contributed by atoms with van der Waals surface area (Å²) in [6, 6.07) is 7.24. The highest BCUT2D eigenvalue weighted by molar-refractivity contribution is 7.71. The van der Waals surface area contributed by atoms with Crippen molar-refractivity contribution in [2.75, 3.05) is 11.4 Å². The predicted molar refractivity (Wildman–Crippen MR) is 74.9 cm³/mol. The average Bonchev–Trinajstić information content (AvgIpc) is 2.97. The van der Waals surface area contributed by atoms with Gasteiger partial charge in [-0.05, 0) is 36.5 Å². The van der Waals surface area contributed by atoms with Gasteiger partial charge in [0.15, 0.2) is 0 Å². The molecule has 1 aliphatic heterocycles. The molecule has 19 heavy (non-hydrogen) atoms. The van der Waals surface area contributed by atoms with Crippen LogP contribution in [0.5, 0.6) is 0 Å². The van der Waals surface area contributed by atoms with Gasteiger partial charge in [-0.15, -0.1) is 0 Å². The first kappa shape index (κ1) is 12.4. The highest BCUT2D eigenvalue weighted by Gasteiger charge is 2.33. The van der Waals surface area contributed by atoms with Crippen LogP contribution in [-0.2, 0) is 4.79 Å². The van der Waals surface area contributed by atoms with Crippen LogP contribution in [0.3, 0.4) is 0 Å². The van der Waals surface area contributed by atoms with E-state index in [9.17, 15) is 4.79 Å². The number of rotatable bonds is 2. The monoisotopic (exact) mass is 294 g/mol. The van der Waals surface area contributed by atoms with Crippen LogP contribution in [0.1, 0.15) is 18.2 Å².